The maximum absolute atomic E-state index is 12.8. The molecule has 0 radical (unpaired) electrons. The van der Waals surface area contributed by atoms with E-state index in [1.165, 1.54) is 17.3 Å². The number of benzene rings is 1. The summed E-state index contributed by atoms with van der Waals surface area (Å²) in [6.07, 6.45) is 0.520. The molecule has 160 valence electrons. The van der Waals surface area contributed by atoms with Gasteiger partial charge in [0.25, 0.3) is 5.56 Å². The number of aromatic nitrogens is 4. The van der Waals surface area contributed by atoms with Crippen LogP contribution in [0.2, 0.25) is 0 Å². The second kappa shape index (κ2) is 8.45. The Morgan fingerprint density at radius 2 is 1.70 bits per heavy atom. The van der Waals surface area contributed by atoms with Crippen LogP contribution in [-0.4, -0.2) is 61.5 Å². The first kappa shape index (κ1) is 20.4. The molecule has 0 saturated carbocycles. The molecule has 1 saturated heterocycles. The third-order valence-corrected chi connectivity index (χ3v) is 5.83. The zero-order chi connectivity index (χ0) is 21.3. The third-order valence-electron chi connectivity index (χ3n) is 5.83. The van der Waals surface area contributed by atoms with Crippen LogP contribution in [0.25, 0.3) is 11.2 Å². The first-order valence-electron chi connectivity index (χ1n) is 10.3. The first-order chi connectivity index (χ1) is 14.5. The minimum atomic E-state index is -0.387. The zero-order valence-electron chi connectivity index (χ0n) is 17.5. The molecule has 1 N–H and O–H groups in total. The highest BCUT2D eigenvalue weighted by Crippen LogP contribution is 2.18. The van der Waals surface area contributed by atoms with Crippen molar-refractivity contribution in [2.75, 3.05) is 37.7 Å². The van der Waals surface area contributed by atoms with E-state index in [0.717, 1.165) is 36.6 Å². The van der Waals surface area contributed by atoms with Crippen molar-refractivity contribution in [1.82, 2.24) is 23.6 Å². The fourth-order valence-electron chi connectivity index (χ4n) is 4.08. The lowest BCUT2D eigenvalue weighted by Gasteiger charge is -2.36. The fourth-order valence-corrected chi connectivity index (χ4v) is 4.08. The van der Waals surface area contributed by atoms with E-state index in [2.05, 4.69) is 39.0 Å². The van der Waals surface area contributed by atoms with Gasteiger partial charge in [-0.25, -0.2) is 9.78 Å². The van der Waals surface area contributed by atoms with Gasteiger partial charge in [-0.2, -0.15) is 0 Å². The topological polar surface area (TPSA) is 88.5 Å². The molecule has 0 unspecified atom stereocenters. The summed E-state index contributed by atoms with van der Waals surface area (Å²) < 4.78 is 4.40. The van der Waals surface area contributed by atoms with Crippen LogP contribution in [0.5, 0.6) is 0 Å². The molecule has 4 rings (SSSR count). The highest BCUT2D eigenvalue weighted by Gasteiger charge is 2.23. The Morgan fingerprint density at radius 3 is 2.37 bits per heavy atom. The maximum Gasteiger partial charge on any atom is 0.332 e. The van der Waals surface area contributed by atoms with Crippen molar-refractivity contribution in [3.63, 3.8) is 0 Å². The number of fused-ring (bicyclic) bond motifs is 1. The number of para-hydroxylation sites is 1. The van der Waals surface area contributed by atoms with Gasteiger partial charge >= 0.3 is 5.69 Å². The average molecular weight is 412 g/mol. The lowest BCUT2D eigenvalue weighted by Crippen LogP contribution is -2.46. The van der Waals surface area contributed by atoms with Crippen molar-refractivity contribution in [2.45, 2.75) is 19.5 Å². The summed E-state index contributed by atoms with van der Waals surface area (Å²) in [4.78, 5) is 34.5. The molecule has 3 aromatic rings. The van der Waals surface area contributed by atoms with Gasteiger partial charge in [-0.15, -0.1) is 0 Å². The second-order valence-corrected chi connectivity index (χ2v) is 7.73. The SMILES string of the molecule is Cn1c(=O)c2c(nc(CN3CCN(c4ccccc4)CC3)n2CCCO)n(C)c1=O. The van der Waals surface area contributed by atoms with Crippen LogP contribution in [0.15, 0.2) is 39.9 Å². The number of piperazine rings is 1. The Balaban J connectivity index is 1.61. The number of hydrogen-bond donors (Lipinski definition) is 1. The van der Waals surface area contributed by atoms with Gasteiger partial charge in [0.05, 0.1) is 6.54 Å². The molecule has 30 heavy (non-hydrogen) atoms. The van der Waals surface area contributed by atoms with Crippen molar-refractivity contribution < 1.29 is 5.11 Å². The molecule has 9 heteroatoms. The van der Waals surface area contributed by atoms with Gasteiger partial charge in [0.1, 0.15) is 5.82 Å². The van der Waals surface area contributed by atoms with Crippen molar-refractivity contribution in [1.29, 1.82) is 0 Å². The van der Waals surface area contributed by atoms with E-state index in [1.807, 2.05) is 10.6 Å². The molecule has 9 nitrogen and oxygen atoms in total. The number of aryl methyl sites for hydroxylation is 2. The number of nitrogens with zero attached hydrogens (tertiary/aromatic N) is 6. The minimum absolute atomic E-state index is 0.0287. The van der Waals surface area contributed by atoms with Gasteiger partial charge in [-0.05, 0) is 18.6 Å². The standard InChI is InChI=1S/C21H28N6O3/c1-23-19-18(20(29)24(2)21(23)30)27(9-6-14-28)17(22-19)15-25-10-12-26(13-11-25)16-7-4-3-5-8-16/h3-5,7-8,28H,6,9-15H2,1-2H3. The van der Waals surface area contributed by atoms with Gasteiger partial charge in [-0.3, -0.25) is 18.8 Å². The van der Waals surface area contributed by atoms with Crippen LogP contribution < -0.4 is 16.1 Å². The number of aliphatic hydroxyl groups is 1. The van der Waals surface area contributed by atoms with Crippen molar-refractivity contribution in [2.24, 2.45) is 14.1 Å². The van der Waals surface area contributed by atoms with E-state index in [1.54, 1.807) is 7.05 Å². The Morgan fingerprint density at radius 1 is 1.00 bits per heavy atom. The van der Waals surface area contributed by atoms with Crippen molar-refractivity contribution >= 4 is 16.9 Å². The average Bonchev–Trinajstić information content (AvgIpc) is 3.14. The molecule has 2 aromatic heterocycles. The molecule has 1 aliphatic rings. The minimum Gasteiger partial charge on any atom is -0.396 e. The van der Waals surface area contributed by atoms with Gasteiger partial charge in [0, 0.05) is 59.1 Å². The molecule has 3 heterocycles. The quantitative estimate of drug-likeness (QED) is 0.620. The Hall–Kier alpha value is -2.91. The molecule has 1 fully saturated rings. The van der Waals surface area contributed by atoms with Crippen LogP contribution >= 0.6 is 0 Å². The largest absolute Gasteiger partial charge is 0.396 e. The Kier molecular flexibility index (Phi) is 5.74. The maximum atomic E-state index is 12.8. The molecule has 0 atom stereocenters. The van der Waals surface area contributed by atoms with E-state index in [0.29, 0.717) is 30.7 Å². The summed E-state index contributed by atoms with van der Waals surface area (Å²) in [6, 6.07) is 10.4. The molecular formula is C21H28N6O3. The van der Waals surface area contributed by atoms with E-state index < -0.39 is 0 Å². The van der Waals surface area contributed by atoms with E-state index in [4.69, 9.17) is 0 Å². The third kappa shape index (κ3) is 3.66. The lowest BCUT2D eigenvalue weighted by atomic mass is 10.2. The summed E-state index contributed by atoms with van der Waals surface area (Å²) >= 11 is 0. The zero-order valence-corrected chi connectivity index (χ0v) is 17.5. The van der Waals surface area contributed by atoms with Gasteiger partial charge in [0.2, 0.25) is 0 Å². The van der Waals surface area contributed by atoms with Crippen LogP contribution in [0.4, 0.5) is 5.69 Å². The van der Waals surface area contributed by atoms with Crippen LogP contribution in [0, 0.1) is 0 Å². The molecule has 0 aliphatic carbocycles. The summed E-state index contributed by atoms with van der Waals surface area (Å²) in [5, 5.41) is 9.32. The second-order valence-electron chi connectivity index (χ2n) is 7.73. The highest BCUT2D eigenvalue weighted by molar-refractivity contribution is 5.71. The number of aliphatic hydroxyl groups excluding tert-OH is 1. The predicted molar refractivity (Wildman–Crippen MR) is 116 cm³/mol. The first-order valence-corrected chi connectivity index (χ1v) is 10.3. The predicted octanol–water partition coefficient (Wildman–Crippen LogP) is 0.138. The molecule has 0 bridgehead atoms. The van der Waals surface area contributed by atoms with Crippen molar-refractivity contribution in [3.8, 4) is 0 Å². The number of imidazole rings is 1. The lowest BCUT2D eigenvalue weighted by molar-refractivity contribution is 0.238. The molecule has 1 aromatic carbocycles. The Bertz CT molecular complexity index is 1140. The summed E-state index contributed by atoms with van der Waals surface area (Å²) in [7, 11) is 3.12. The van der Waals surface area contributed by atoms with E-state index in [-0.39, 0.29) is 17.9 Å². The summed E-state index contributed by atoms with van der Waals surface area (Å²) in [5.74, 6) is 0.755. The molecule has 0 spiro atoms. The number of anilines is 1. The number of hydrogen-bond acceptors (Lipinski definition) is 6. The highest BCUT2D eigenvalue weighted by atomic mass is 16.3. The van der Waals surface area contributed by atoms with E-state index in [9.17, 15) is 14.7 Å². The van der Waals surface area contributed by atoms with Gasteiger partial charge < -0.3 is 14.6 Å². The van der Waals surface area contributed by atoms with Gasteiger partial charge in [0.15, 0.2) is 11.2 Å². The smallest absolute Gasteiger partial charge is 0.332 e. The molecule has 1 aliphatic heterocycles. The Labute approximate surface area is 174 Å². The monoisotopic (exact) mass is 412 g/mol. The van der Waals surface area contributed by atoms with Crippen LogP contribution in [-0.2, 0) is 27.2 Å². The molecular weight excluding hydrogens is 384 g/mol. The normalized spacial score (nSPS) is 15.2. The summed E-state index contributed by atoms with van der Waals surface area (Å²) in [6.45, 7) is 4.72. The van der Waals surface area contributed by atoms with Crippen LogP contribution in [0.3, 0.4) is 0 Å². The van der Waals surface area contributed by atoms with E-state index >= 15 is 0 Å². The van der Waals surface area contributed by atoms with Crippen LogP contribution in [0.1, 0.15) is 12.2 Å². The van der Waals surface area contributed by atoms with Crippen molar-refractivity contribution in [3.05, 3.63) is 57.0 Å². The van der Waals surface area contributed by atoms with Gasteiger partial charge in [-0.1, -0.05) is 18.2 Å². The number of rotatable bonds is 6. The molecule has 0 amide bonds. The summed E-state index contributed by atoms with van der Waals surface area (Å²) in [5.41, 5.74) is 1.32. The fraction of sp³-hybridized carbons (Fsp3) is 0.476.